The monoisotopic (exact) mass is 304 g/mol. The zero-order valence-electron chi connectivity index (χ0n) is 12.2. The van der Waals surface area contributed by atoms with Crippen molar-refractivity contribution in [3.05, 3.63) is 30.3 Å². The van der Waals surface area contributed by atoms with Crippen LogP contribution in [-0.2, 0) is 9.59 Å². The number of anilines is 1. The highest BCUT2D eigenvalue weighted by Gasteiger charge is 2.38. The highest BCUT2D eigenvalue weighted by Crippen LogP contribution is 2.25. The van der Waals surface area contributed by atoms with Crippen LogP contribution in [0.1, 0.15) is 32.6 Å². The molecule has 5 heteroatoms. The van der Waals surface area contributed by atoms with Gasteiger partial charge in [0.25, 0.3) is 5.91 Å². The van der Waals surface area contributed by atoms with Gasteiger partial charge in [0, 0.05) is 6.42 Å². The average Bonchev–Trinajstić information content (AvgIpc) is 2.79. The summed E-state index contributed by atoms with van der Waals surface area (Å²) in [5, 5.41) is 5.59. The summed E-state index contributed by atoms with van der Waals surface area (Å²) in [6.45, 7) is 1.75. The fourth-order valence-corrected chi connectivity index (χ4v) is 2.65. The van der Waals surface area contributed by atoms with E-state index >= 15 is 0 Å². The molecule has 112 valence electrons. The van der Waals surface area contributed by atoms with Gasteiger partial charge in [-0.25, -0.2) is 0 Å². The number of Topliss-reactive ketones (excluding diaryl/α,β-unsaturated/α-hetero) is 1. The second-order valence-electron chi connectivity index (χ2n) is 5.16. The van der Waals surface area contributed by atoms with E-state index in [0.717, 1.165) is 25.0 Å². The van der Waals surface area contributed by atoms with E-state index in [-0.39, 0.29) is 11.7 Å². The molecular formula is C16H20N2O2S. The predicted octanol–water partition coefficient (Wildman–Crippen LogP) is 3.08. The third-order valence-corrected chi connectivity index (χ3v) is 3.85. The molecule has 0 radical (unpaired) electrons. The van der Waals surface area contributed by atoms with E-state index in [2.05, 4.69) is 17.7 Å². The highest BCUT2D eigenvalue weighted by atomic mass is 32.1. The van der Waals surface area contributed by atoms with Crippen molar-refractivity contribution in [3.8, 4) is 0 Å². The quantitative estimate of drug-likeness (QED) is 0.478. The average molecular weight is 304 g/mol. The largest absolute Gasteiger partial charge is 0.298 e. The van der Waals surface area contributed by atoms with Gasteiger partial charge in [-0.1, -0.05) is 24.6 Å². The Balaban J connectivity index is 2.01. The van der Waals surface area contributed by atoms with Crippen molar-refractivity contribution in [1.82, 2.24) is 0 Å². The summed E-state index contributed by atoms with van der Waals surface area (Å²) in [6, 6.07) is 9.20. The molecule has 1 unspecified atom stereocenters. The highest BCUT2D eigenvalue weighted by molar-refractivity contribution is 7.80. The van der Waals surface area contributed by atoms with Gasteiger partial charge in [0.2, 0.25) is 0 Å². The Morgan fingerprint density at radius 1 is 1.24 bits per heavy atom. The number of rotatable bonds is 7. The van der Waals surface area contributed by atoms with Crippen molar-refractivity contribution in [2.24, 2.45) is 11.0 Å². The number of hydrogen-bond donors (Lipinski definition) is 1. The minimum absolute atomic E-state index is 0.0288. The van der Waals surface area contributed by atoms with Crippen LogP contribution in [0.15, 0.2) is 35.4 Å². The summed E-state index contributed by atoms with van der Waals surface area (Å²) < 4.78 is 0. The molecule has 0 aromatic heterocycles. The first-order valence-corrected chi connectivity index (χ1v) is 7.86. The fourth-order valence-electron chi connectivity index (χ4n) is 2.42. The number of hydrazone groups is 1. The maximum atomic E-state index is 12.4. The lowest BCUT2D eigenvalue weighted by atomic mass is 9.95. The Morgan fingerprint density at radius 2 is 1.95 bits per heavy atom. The molecule has 1 aliphatic rings. The number of carbonyl (C=O) groups excluding carboxylic acids is 2. The normalized spacial score (nSPS) is 18.0. The summed E-state index contributed by atoms with van der Waals surface area (Å²) in [5.74, 6) is -0.142. The maximum absolute atomic E-state index is 12.4. The molecular weight excluding hydrogens is 284 g/mol. The summed E-state index contributed by atoms with van der Waals surface area (Å²) >= 11 is 4.15. The summed E-state index contributed by atoms with van der Waals surface area (Å²) in [5.41, 5.74) is 1.29. The number of amides is 1. The summed E-state index contributed by atoms with van der Waals surface area (Å²) in [4.78, 5) is 24.7. The van der Waals surface area contributed by atoms with Crippen molar-refractivity contribution < 1.29 is 9.59 Å². The molecule has 1 atom stereocenters. The van der Waals surface area contributed by atoms with Crippen LogP contribution in [0.25, 0.3) is 0 Å². The van der Waals surface area contributed by atoms with Crippen LogP contribution in [0.4, 0.5) is 5.69 Å². The second-order valence-corrected chi connectivity index (χ2v) is 5.61. The number of ketones is 1. The minimum Gasteiger partial charge on any atom is -0.298 e. The number of carbonyl (C=O) groups is 2. The number of benzene rings is 1. The molecule has 0 aliphatic carbocycles. The van der Waals surface area contributed by atoms with Crippen molar-refractivity contribution in [2.45, 2.75) is 32.6 Å². The van der Waals surface area contributed by atoms with Gasteiger partial charge in [-0.3, -0.25) is 9.59 Å². The van der Waals surface area contributed by atoms with Crippen molar-refractivity contribution >= 4 is 35.7 Å². The summed E-state index contributed by atoms with van der Waals surface area (Å²) in [6.07, 6.45) is 3.20. The van der Waals surface area contributed by atoms with Crippen LogP contribution in [0.3, 0.4) is 0 Å². The lowest BCUT2D eigenvalue weighted by Gasteiger charge is -2.13. The Kier molecular flexibility index (Phi) is 5.56. The van der Waals surface area contributed by atoms with Gasteiger partial charge in [0.05, 0.1) is 11.4 Å². The second kappa shape index (κ2) is 7.41. The van der Waals surface area contributed by atoms with Gasteiger partial charge >= 0.3 is 0 Å². The van der Waals surface area contributed by atoms with Crippen LogP contribution in [0.2, 0.25) is 0 Å². The molecule has 21 heavy (non-hydrogen) atoms. The first-order chi connectivity index (χ1) is 10.1. The van der Waals surface area contributed by atoms with Gasteiger partial charge in [-0.15, -0.1) is 0 Å². The molecule has 1 aromatic rings. The van der Waals surface area contributed by atoms with Crippen molar-refractivity contribution in [3.63, 3.8) is 0 Å². The first kappa shape index (κ1) is 15.8. The molecule has 0 fully saturated rings. The fraction of sp³-hybridized carbons (Fsp3) is 0.438. The van der Waals surface area contributed by atoms with Gasteiger partial charge in [0.1, 0.15) is 5.92 Å². The minimum atomic E-state index is -0.707. The Hall–Kier alpha value is -1.62. The number of nitrogens with zero attached hydrogens (tertiary/aromatic N) is 2. The van der Waals surface area contributed by atoms with Crippen LogP contribution in [0.5, 0.6) is 0 Å². The van der Waals surface area contributed by atoms with Crippen LogP contribution < -0.4 is 5.01 Å². The van der Waals surface area contributed by atoms with Crippen LogP contribution in [-0.4, -0.2) is 23.2 Å². The molecule has 1 heterocycles. The van der Waals surface area contributed by atoms with E-state index < -0.39 is 5.92 Å². The lowest BCUT2D eigenvalue weighted by Crippen LogP contribution is -2.32. The van der Waals surface area contributed by atoms with Gasteiger partial charge in [-0.2, -0.15) is 22.7 Å². The van der Waals surface area contributed by atoms with E-state index in [9.17, 15) is 9.59 Å². The SMILES string of the molecule is CC1=NN(c2ccccc2)C(=O)C1C(=O)CCCCCS. The van der Waals surface area contributed by atoms with Gasteiger partial charge in [-0.05, 0) is 37.7 Å². The lowest BCUT2D eigenvalue weighted by molar-refractivity contribution is -0.129. The van der Waals surface area contributed by atoms with Crippen LogP contribution in [0, 0.1) is 5.92 Å². The molecule has 0 bridgehead atoms. The van der Waals surface area contributed by atoms with E-state index in [4.69, 9.17) is 0 Å². The zero-order chi connectivity index (χ0) is 15.2. The molecule has 0 saturated carbocycles. The number of unbranched alkanes of at least 4 members (excludes halogenated alkanes) is 2. The first-order valence-electron chi connectivity index (χ1n) is 7.23. The topological polar surface area (TPSA) is 49.7 Å². The van der Waals surface area contributed by atoms with E-state index in [1.54, 1.807) is 6.92 Å². The predicted molar refractivity (Wildman–Crippen MR) is 87.9 cm³/mol. The van der Waals surface area contributed by atoms with E-state index in [0.29, 0.717) is 17.8 Å². The third kappa shape index (κ3) is 3.73. The number of thiol groups is 1. The molecule has 0 saturated heterocycles. The molecule has 1 aromatic carbocycles. The zero-order valence-corrected chi connectivity index (χ0v) is 13.1. The Labute approximate surface area is 130 Å². The van der Waals surface area contributed by atoms with Crippen molar-refractivity contribution in [2.75, 3.05) is 10.8 Å². The number of hydrogen-bond acceptors (Lipinski definition) is 4. The maximum Gasteiger partial charge on any atom is 0.263 e. The van der Waals surface area contributed by atoms with E-state index in [1.807, 2.05) is 30.3 Å². The van der Waals surface area contributed by atoms with Crippen molar-refractivity contribution in [1.29, 1.82) is 0 Å². The smallest absolute Gasteiger partial charge is 0.263 e. The Bertz CT molecular complexity index is 542. The van der Waals surface area contributed by atoms with Gasteiger partial charge in [0.15, 0.2) is 5.78 Å². The van der Waals surface area contributed by atoms with E-state index in [1.165, 1.54) is 5.01 Å². The molecule has 1 aliphatic heterocycles. The Morgan fingerprint density at radius 3 is 2.62 bits per heavy atom. The third-order valence-electron chi connectivity index (χ3n) is 3.54. The number of para-hydroxylation sites is 1. The molecule has 1 amide bonds. The van der Waals surface area contributed by atoms with Crippen LogP contribution >= 0.6 is 12.6 Å². The molecule has 4 nitrogen and oxygen atoms in total. The summed E-state index contributed by atoms with van der Waals surface area (Å²) in [7, 11) is 0. The molecule has 0 N–H and O–H groups in total. The molecule has 2 rings (SSSR count). The standard InChI is InChI=1S/C16H20N2O2S/c1-12-15(14(19)10-6-3-7-11-21)16(20)18(17-12)13-8-4-2-5-9-13/h2,4-5,8-9,15,21H,3,6-7,10-11H2,1H3. The van der Waals surface area contributed by atoms with Gasteiger partial charge < -0.3 is 0 Å². The molecule has 0 spiro atoms.